The fourth-order valence-corrected chi connectivity index (χ4v) is 1.99. The van der Waals surface area contributed by atoms with Crippen LogP contribution in [0.5, 0.6) is 5.75 Å². The summed E-state index contributed by atoms with van der Waals surface area (Å²) in [7, 11) is 0. The number of rotatable bonds is 3. The first-order valence-electron chi connectivity index (χ1n) is 5.36. The van der Waals surface area contributed by atoms with Crippen molar-refractivity contribution >= 4 is 15.9 Å². The summed E-state index contributed by atoms with van der Waals surface area (Å²) in [6.07, 6.45) is 0. The largest absolute Gasteiger partial charge is 0.483 e. The predicted octanol–water partition coefficient (Wildman–Crippen LogP) is 4.18. The highest BCUT2D eigenvalue weighted by Gasteiger charge is 2.12. The Morgan fingerprint density at radius 2 is 1.84 bits per heavy atom. The standard InChI is InChI=1S/C14H8BrF2NO/c15-11-3-1-2-9(4-11)8-19-14-12(16)5-10(7-18)6-13(14)17/h1-6H,8H2. The van der Waals surface area contributed by atoms with E-state index in [1.54, 1.807) is 24.3 Å². The molecule has 2 aromatic carbocycles. The molecule has 0 bridgehead atoms. The average Bonchev–Trinajstić information content (AvgIpc) is 2.37. The predicted molar refractivity (Wildman–Crippen MR) is 69.5 cm³/mol. The second-order valence-corrected chi connectivity index (χ2v) is 4.72. The maximum absolute atomic E-state index is 13.6. The third-order valence-electron chi connectivity index (χ3n) is 2.40. The minimum absolute atomic E-state index is 0.0409. The number of hydrogen-bond donors (Lipinski definition) is 0. The minimum Gasteiger partial charge on any atom is -0.483 e. The van der Waals surface area contributed by atoms with E-state index in [4.69, 9.17) is 10.00 Å². The van der Waals surface area contributed by atoms with Gasteiger partial charge in [-0.2, -0.15) is 5.26 Å². The SMILES string of the molecule is N#Cc1cc(F)c(OCc2cccc(Br)c2)c(F)c1. The van der Waals surface area contributed by atoms with Gasteiger partial charge >= 0.3 is 0 Å². The Bertz CT molecular complexity index is 629. The van der Waals surface area contributed by atoms with Crippen molar-refractivity contribution in [2.24, 2.45) is 0 Å². The number of benzene rings is 2. The summed E-state index contributed by atoms with van der Waals surface area (Å²) in [6.45, 7) is 0.0409. The van der Waals surface area contributed by atoms with Gasteiger partial charge in [-0.05, 0) is 29.8 Å². The molecule has 0 atom stereocenters. The van der Waals surface area contributed by atoms with Gasteiger partial charge in [-0.15, -0.1) is 0 Å². The summed E-state index contributed by atoms with van der Waals surface area (Å²) in [6, 6.07) is 10.8. The van der Waals surface area contributed by atoms with E-state index in [2.05, 4.69) is 15.9 Å². The number of nitriles is 1. The summed E-state index contributed by atoms with van der Waals surface area (Å²) in [5.74, 6) is -2.24. The van der Waals surface area contributed by atoms with Gasteiger partial charge in [0.25, 0.3) is 0 Å². The summed E-state index contributed by atoms with van der Waals surface area (Å²) in [5.41, 5.74) is 0.697. The first-order chi connectivity index (χ1) is 9.10. The summed E-state index contributed by atoms with van der Waals surface area (Å²) < 4.78 is 33.1. The fraction of sp³-hybridized carbons (Fsp3) is 0.0714. The summed E-state index contributed by atoms with van der Waals surface area (Å²) >= 11 is 3.30. The van der Waals surface area contributed by atoms with Crippen LogP contribution in [0.15, 0.2) is 40.9 Å². The van der Waals surface area contributed by atoms with Crippen molar-refractivity contribution in [1.29, 1.82) is 5.26 Å². The van der Waals surface area contributed by atoms with Crippen LogP contribution in [0, 0.1) is 23.0 Å². The van der Waals surface area contributed by atoms with Crippen LogP contribution in [0.25, 0.3) is 0 Å². The van der Waals surface area contributed by atoms with Crippen molar-refractivity contribution in [3.63, 3.8) is 0 Å². The van der Waals surface area contributed by atoms with Crippen LogP contribution in [0.1, 0.15) is 11.1 Å². The molecule has 0 saturated carbocycles. The van der Waals surface area contributed by atoms with Gasteiger partial charge < -0.3 is 4.74 Å². The number of halogens is 3. The second kappa shape index (κ2) is 5.81. The molecule has 0 aliphatic heterocycles. The van der Waals surface area contributed by atoms with E-state index in [1.165, 1.54) is 0 Å². The van der Waals surface area contributed by atoms with Crippen molar-refractivity contribution in [3.05, 3.63) is 63.6 Å². The Morgan fingerprint density at radius 3 is 2.42 bits per heavy atom. The van der Waals surface area contributed by atoms with Crippen LogP contribution in [0.4, 0.5) is 8.78 Å². The maximum atomic E-state index is 13.6. The highest BCUT2D eigenvalue weighted by atomic mass is 79.9. The molecule has 0 aliphatic carbocycles. The molecular formula is C14H8BrF2NO. The quantitative estimate of drug-likeness (QED) is 0.849. The molecule has 96 valence electrons. The first kappa shape index (κ1) is 13.5. The number of nitrogens with zero attached hydrogens (tertiary/aromatic N) is 1. The molecule has 0 amide bonds. The molecule has 0 radical (unpaired) electrons. The lowest BCUT2D eigenvalue weighted by Gasteiger charge is -2.09. The molecule has 0 spiro atoms. The van der Waals surface area contributed by atoms with Gasteiger partial charge in [0.15, 0.2) is 17.4 Å². The fourth-order valence-electron chi connectivity index (χ4n) is 1.54. The zero-order valence-electron chi connectivity index (χ0n) is 9.66. The maximum Gasteiger partial charge on any atom is 0.191 e. The molecule has 0 unspecified atom stereocenters. The molecule has 0 aromatic heterocycles. The molecule has 2 aromatic rings. The normalized spacial score (nSPS) is 10.0. The van der Waals surface area contributed by atoms with Crippen molar-refractivity contribution in [1.82, 2.24) is 0 Å². The third kappa shape index (κ3) is 3.30. The first-order valence-corrected chi connectivity index (χ1v) is 6.16. The van der Waals surface area contributed by atoms with E-state index in [0.29, 0.717) is 0 Å². The van der Waals surface area contributed by atoms with Crippen LogP contribution in [0.3, 0.4) is 0 Å². The van der Waals surface area contributed by atoms with Crippen molar-refractivity contribution in [2.45, 2.75) is 6.61 Å². The Kier molecular flexibility index (Phi) is 4.13. The van der Waals surface area contributed by atoms with E-state index in [9.17, 15) is 8.78 Å². The Morgan fingerprint density at radius 1 is 1.16 bits per heavy atom. The zero-order chi connectivity index (χ0) is 13.8. The van der Waals surface area contributed by atoms with Crippen LogP contribution in [0.2, 0.25) is 0 Å². The topological polar surface area (TPSA) is 33.0 Å². The third-order valence-corrected chi connectivity index (χ3v) is 2.89. The van der Waals surface area contributed by atoms with Gasteiger partial charge in [0.05, 0.1) is 11.6 Å². The molecule has 19 heavy (non-hydrogen) atoms. The minimum atomic E-state index is -0.883. The molecule has 2 nitrogen and oxygen atoms in total. The molecule has 0 N–H and O–H groups in total. The lowest BCUT2D eigenvalue weighted by molar-refractivity contribution is 0.274. The van der Waals surface area contributed by atoms with Gasteiger partial charge in [0.1, 0.15) is 6.61 Å². The Labute approximate surface area is 117 Å². The van der Waals surface area contributed by atoms with E-state index in [0.717, 1.165) is 22.2 Å². The van der Waals surface area contributed by atoms with Gasteiger partial charge in [0, 0.05) is 4.47 Å². The van der Waals surface area contributed by atoms with Gasteiger partial charge in [-0.3, -0.25) is 0 Å². The summed E-state index contributed by atoms with van der Waals surface area (Å²) in [5, 5.41) is 8.59. The lowest BCUT2D eigenvalue weighted by atomic mass is 10.2. The Balaban J connectivity index is 2.18. The molecular weight excluding hydrogens is 316 g/mol. The molecule has 0 aliphatic rings. The van der Waals surface area contributed by atoms with Crippen LogP contribution >= 0.6 is 15.9 Å². The van der Waals surface area contributed by atoms with Gasteiger partial charge in [-0.1, -0.05) is 28.1 Å². The highest BCUT2D eigenvalue weighted by Crippen LogP contribution is 2.24. The number of ether oxygens (including phenoxy) is 1. The molecule has 0 fully saturated rings. The molecule has 2 rings (SSSR count). The lowest BCUT2D eigenvalue weighted by Crippen LogP contribution is -2.00. The molecule has 5 heteroatoms. The molecule has 0 saturated heterocycles. The van der Waals surface area contributed by atoms with Crippen molar-refractivity contribution in [2.75, 3.05) is 0 Å². The van der Waals surface area contributed by atoms with Crippen molar-refractivity contribution < 1.29 is 13.5 Å². The van der Waals surface area contributed by atoms with Crippen molar-refractivity contribution in [3.8, 4) is 11.8 Å². The van der Waals surface area contributed by atoms with Crippen LogP contribution in [-0.2, 0) is 6.61 Å². The van der Waals surface area contributed by atoms with E-state index >= 15 is 0 Å². The smallest absolute Gasteiger partial charge is 0.191 e. The van der Waals surface area contributed by atoms with Crippen LogP contribution in [-0.4, -0.2) is 0 Å². The van der Waals surface area contributed by atoms with E-state index < -0.39 is 17.4 Å². The van der Waals surface area contributed by atoms with E-state index in [-0.39, 0.29) is 12.2 Å². The summed E-state index contributed by atoms with van der Waals surface area (Å²) in [4.78, 5) is 0. The highest BCUT2D eigenvalue weighted by molar-refractivity contribution is 9.10. The monoisotopic (exact) mass is 323 g/mol. The number of hydrogen-bond acceptors (Lipinski definition) is 2. The average molecular weight is 324 g/mol. The van der Waals surface area contributed by atoms with Crippen LogP contribution < -0.4 is 4.74 Å². The van der Waals surface area contributed by atoms with E-state index in [1.807, 2.05) is 6.07 Å². The van der Waals surface area contributed by atoms with Gasteiger partial charge in [0.2, 0.25) is 0 Å². The Hall–Kier alpha value is -1.93. The van der Waals surface area contributed by atoms with Gasteiger partial charge in [-0.25, -0.2) is 8.78 Å². The molecule has 0 heterocycles. The zero-order valence-corrected chi connectivity index (χ0v) is 11.2. The second-order valence-electron chi connectivity index (χ2n) is 3.80.